The van der Waals surface area contributed by atoms with E-state index >= 15 is 0 Å². The molecule has 0 saturated carbocycles. The van der Waals surface area contributed by atoms with Crippen molar-refractivity contribution in [2.24, 2.45) is 5.92 Å². The van der Waals surface area contributed by atoms with Crippen LogP contribution < -0.4 is 4.90 Å². The van der Waals surface area contributed by atoms with Crippen LogP contribution in [0.4, 0.5) is 10.1 Å². The summed E-state index contributed by atoms with van der Waals surface area (Å²) in [6, 6.07) is 3.50. The Morgan fingerprint density at radius 3 is 2.77 bits per heavy atom. The van der Waals surface area contributed by atoms with E-state index in [9.17, 15) is 22.4 Å². The number of hydrogen-bond donors (Lipinski definition) is 0. The van der Waals surface area contributed by atoms with Gasteiger partial charge in [-0.05, 0) is 18.2 Å². The summed E-state index contributed by atoms with van der Waals surface area (Å²) in [4.78, 5) is 24.6. The smallest absolute Gasteiger partial charge is 0.337 e. The molecule has 1 aliphatic rings. The quantitative estimate of drug-likeness (QED) is 0.608. The molecule has 0 spiro atoms. The number of nitrogens with zero attached hydrogens (tertiary/aromatic N) is 1. The van der Waals surface area contributed by atoms with Crippen LogP contribution in [0.15, 0.2) is 18.2 Å². The molecule has 1 saturated heterocycles. The molecule has 1 heterocycles. The normalized spacial score (nSPS) is 18.6. The Balaban J connectivity index is 2.28. The molecule has 0 aliphatic carbocycles. The molecule has 6 nitrogen and oxygen atoms in total. The predicted molar refractivity (Wildman–Crippen MR) is 77.8 cm³/mol. The van der Waals surface area contributed by atoms with Crippen LogP contribution in [0.2, 0.25) is 0 Å². The van der Waals surface area contributed by atoms with E-state index in [0.717, 1.165) is 11.0 Å². The molecule has 1 aliphatic heterocycles. The van der Waals surface area contributed by atoms with Gasteiger partial charge in [0.2, 0.25) is 15.0 Å². The third kappa shape index (κ3) is 3.75. The third-order valence-corrected chi connectivity index (χ3v) is 4.55. The molecule has 2 rings (SSSR count). The van der Waals surface area contributed by atoms with Gasteiger partial charge in [0.15, 0.2) is 0 Å². The first-order valence-electron chi connectivity index (χ1n) is 6.32. The van der Waals surface area contributed by atoms with Gasteiger partial charge in [-0.15, -0.1) is 0 Å². The van der Waals surface area contributed by atoms with E-state index in [2.05, 4.69) is 4.74 Å². The van der Waals surface area contributed by atoms with Crippen LogP contribution in [0.5, 0.6) is 0 Å². The van der Waals surface area contributed by atoms with Crippen molar-refractivity contribution in [3.63, 3.8) is 0 Å². The van der Waals surface area contributed by atoms with Gasteiger partial charge in [0.25, 0.3) is 0 Å². The lowest BCUT2D eigenvalue weighted by molar-refractivity contribution is -0.117. The second kappa shape index (κ2) is 6.21. The van der Waals surface area contributed by atoms with Crippen LogP contribution in [-0.4, -0.2) is 39.7 Å². The maximum absolute atomic E-state index is 13.9. The molecule has 0 bridgehead atoms. The molecule has 1 aromatic rings. The lowest BCUT2D eigenvalue weighted by Gasteiger charge is -2.18. The summed E-state index contributed by atoms with van der Waals surface area (Å²) >= 11 is 0. The van der Waals surface area contributed by atoms with Crippen LogP contribution in [0, 0.1) is 11.7 Å². The second-order valence-corrected chi connectivity index (χ2v) is 7.76. The van der Waals surface area contributed by atoms with Gasteiger partial charge in [0.1, 0.15) is 5.82 Å². The first-order chi connectivity index (χ1) is 10.2. The van der Waals surface area contributed by atoms with Crippen LogP contribution in [0.3, 0.4) is 0 Å². The number of amides is 1. The molecule has 9 heteroatoms. The van der Waals surface area contributed by atoms with Crippen molar-refractivity contribution >= 4 is 37.3 Å². The molecule has 0 aromatic heterocycles. The monoisotopic (exact) mass is 349 g/mol. The Bertz CT molecular complexity index is 721. The van der Waals surface area contributed by atoms with Crippen LogP contribution >= 0.6 is 10.7 Å². The number of halogens is 2. The van der Waals surface area contributed by atoms with E-state index in [1.807, 2.05) is 0 Å². The fourth-order valence-corrected chi connectivity index (χ4v) is 3.69. The lowest BCUT2D eigenvalue weighted by Crippen LogP contribution is -2.26. The molecule has 1 amide bonds. The fourth-order valence-electron chi connectivity index (χ4n) is 2.37. The maximum Gasteiger partial charge on any atom is 0.337 e. The Morgan fingerprint density at radius 1 is 1.50 bits per heavy atom. The minimum Gasteiger partial charge on any atom is -0.465 e. The highest BCUT2D eigenvalue weighted by Gasteiger charge is 2.34. The van der Waals surface area contributed by atoms with Gasteiger partial charge in [-0.25, -0.2) is 17.6 Å². The Kier molecular flexibility index (Phi) is 4.72. The molecule has 120 valence electrons. The molecule has 0 N–H and O–H groups in total. The van der Waals surface area contributed by atoms with Gasteiger partial charge in [-0.3, -0.25) is 4.79 Å². The Labute approximate surface area is 131 Å². The number of carbonyl (C=O) groups is 2. The van der Waals surface area contributed by atoms with E-state index in [-0.39, 0.29) is 30.0 Å². The highest BCUT2D eigenvalue weighted by molar-refractivity contribution is 8.13. The topological polar surface area (TPSA) is 80.8 Å². The van der Waals surface area contributed by atoms with E-state index in [1.54, 1.807) is 0 Å². The number of hydrogen-bond acceptors (Lipinski definition) is 5. The number of esters is 1. The number of carbonyl (C=O) groups excluding carboxylic acids is 2. The van der Waals surface area contributed by atoms with Crippen LogP contribution in [-0.2, 0) is 18.6 Å². The van der Waals surface area contributed by atoms with E-state index < -0.39 is 32.7 Å². The molecule has 1 aromatic carbocycles. The molecule has 0 radical (unpaired) electrons. The fraction of sp³-hybridized carbons (Fsp3) is 0.385. The summed E-state index contributed by atoms with van der Waals surface area (Å²) in [6.45, 7) is 0.0202. The first kappa shape index (κ1) is 16.7. The minimum atomic E-state index is -3.75. The zero-order valence-electron chi connectivity index (χ0n) is 11.6. The average Bonchev–Trinajstić information content (AvgIpc) is 2.76. The molecule has 1 fully saturated rings. The lowest BCUT2D eigenvalue weighted by atomic mass is 10.1. The number of methoxy groups -OCH3 is 1. The minimum absolute atomic E-state index is 0.0202. The number of anilines is 1. The van der Waals surface area contributed by atoms with Crippen LogP contribution in [0.25, 0.3) is 0 Å². The first-order valence-corrected chi connectivity index (χ1v) is 8.79. The van der Waals surface area contributed by atoms with Gasteiger partial charge in [-0.2, -0.15) is 0 Å². The van der Waals surface area contributed by atoms with Gasteiger partial charge in [-0.1, -0.05) is 0 Å². The van der Waals surface area contributed by atoms with Crippen molar-refractivity contribution < 1.29 is 27.1 Å². The van der Waals surface area contributed by atoms with Gasteiger partial charge in [0, 0.05) is 29.6 Å². The van der Waals surface area contributed by atoms with Gasteiger partial charge in [0.05, 0.1) is 24.1 Å². The second-order valence-electron chi connectivity index (χ2n) is 4.94. The van der Waals surface area contributed by atoms with Crippen molar-refractivity contribution in [3.05, 3.63) is 29.6 Å². The van der Waals surface area contributed by atoms with Crippen molar-refractivity contribution in [3.8, 4) is 0 Å². The van der Waals surface area contributed by atoms with E-state index in [0.29, 0.717) is 0 Å². The summed E-state index contributed by atoms with van der Waals surface area (Å²) in [5.41, 5.74) is 0.0162. The maximum atomic E-state index is 13.9. The largest absolute Gasteiger partial charge is 0.465 e. The Morgan fingerprint density at radius 2 is 2.18 bits per heavy atom. The van der Waals surface area contributed by atoms with E-state index in [1.165, 1.54) is 19.2 Å². The summed E-state index contributed by atoms with van der Waals surface area (Å²) < 4.78 is 40.7. The van der Waals surface area contributed by atoms with Crippen molar-refractivity contribution in [2.45, 2.75) is 6.42 Å². The third-order valence-electron chi connectivity index (χ3n) is 3.30. The standard InChI is InChI=1S/C13H13ClFNO5S/c1-21-13(18)9-2-3-10(15)11(5-9)16-6-8(4-12(16)17)7-22(14,19)20/h2-3,5,8H,4,6-7H2,1H3. The molecule has 1 unspecified atom stereocenters. The number of ether oxygens (including phenoxy) is 1. The number of rotatable bonds is 4. The van der Waals surface area contributed by atoms with Gasteiger partial charge >= 0.3 is 5.97 Å². The molecule has 1 atom stereocenters. The summed E-state index contributed by atoms with van der Waals surface area (Å²) in [6.07, 6.45) is -0.0478. The Hall–Kier alpha value is -1.67. The summed E-state index contributed by atoms with van der Waals surface area (Å²) in [5, 5.41) is 0. The highest BCUT2D eigenvalue weighted by atomic mass is 35.7. The van der Waals surface area contributed by atoms with Crippen molar-refractivity contribution in [1.29, 1.82) is 0 Å². The van der Waals surface area contributed by atoms with Crippen LogP contribution in [0.1, 0.15) is 16.8 Å². The zero-order valence-corrected chi connectivity index (χ0v) is 13.2. The molecular weight excluding hydrogens is 337 g/mol. The average molecular weight is 350 g/mol. The summed E-state index contributed by atoms with van der Waals surface area (Å²) in [7, 11) is 2.62. The van der Waals surface area contributed by atoms with Gasteiger partial charge < -0.3 is 9.64 Å². The van der Waals surface area contributed by atoms with Crippen molar-refractivity contribution in [2.75, 3.05) is 24.3 Å². The predicted octanol–water partition coefficient (Wildman–Crippen LogP) is 1.53. The molecular formula is C13H13ClFNO5S. The van der Waals surface area contributed by atoms with E-state index in [4.69, 9.17) is 10.7 Å². The summed E-state index contributed by atoms with van der Waals surface area (Å²) in [5.74, 6) is -2.65. The van der Waals surface area contributed by atoms with Crippen molar-refractivity contribution in [1.82, 2.24) is 0 Å². The molecule has 22 heavy (non-hydrogen) atoms. The highest BCUT2D eigenvalue weighted by Crippen LogP contribution is 2.29. The zero-order chi connectivity index (χ0) is 16.5. The number of benzene rings is 1. The SMILES string of the molecule is COC(=O)c1ccc(F)c(N2CC(CS(=O)(=O)Cl)CC2=O)c1.